The Bertz CT molecular complexity index is 1010. The molecule has 1 amide bonds. The van der Waals surface area contributed by atoms with Crippen molar-refractivity contribution in [1.29, 1.82) is 0 Å². The van der Waals surface area contributed by atoms with E-state index in [1.807, 2.05) is 36.2 Å². The van der Waals surface area contributed by atoms with Crippen LogP contribution >= 0.6 is 0 Å². The van der Waals surface area contributed by atoms with Crippen LogP contribution in [0.5, 0.6) is 5.75 Å². The van der Waals surface area contributed by atoms with Gasteiger partial charge in [0.1, 0.15) is 5.75 Å². The molecule has 156 valence electrons. The Balaban J connectivity index is 1.62. The predicted molar refractivity (Wildman–Crippen MR) is 112 cm³/mol. The first-order valence-electron chi connectivity index (χ1n) is 9.46. The molecule has 0 bridgehead atoms. The van der Waals surface area contributed by atoms with Crippen molar-refractivity contribution in [2.75, 3.05) is 25.2 Å². The summed E-state index contributed by atoms with van der Waals surface area (Å²) < 4.78 is 10.3. The summed E-state index contributed by atoms with van der Waals surface area (Å²) in [5, 5.41) is 0. The lowest BCUT2D eigenvalue weighted by Gasteiger charge is -2.23. The summed E-state index contributed by atoms with van der Waals surface area (Å²) in [5.74, 6) is -1.11. The van der Waals surface area contributed by atoms with Gasteiger partial charge in [-0.3, -0.25) is 9.59 Å². The first-order valence-corrected chi connectivity index (χ1v) is 9.46. The molecule has 0 radical (unpaired) electrons. The van der Waals surface area contributed by atoms with Gasteiger partial charge in [0.05, 0.1) is 5.56 Å². The number of amides is 1. The van der Waals surface area contributed by atoms with Gasteiger partial charge in [0.25, 0.3) is 5.91 Å². The third-order valence-corrected chi connectivity index (χ3v) is 5.05. The molecule has 7 heteroatoms. The highest BCUT2D eigenvalue weighted by Crippen LogP contribution is 2.46. The Kier molecular flexibility index (Phi) is 5.91. The molecule has 0 fully saturated rings. The zero-order valence-corrected chi connectivity index (χ0v) is 17.2. The van der Waals surface area contributed by atoms with E-state index in [4.69, 9.17) is 15.2 Å². The molecule has 7 nitrogen and oxygen atoms in total. The molecular weight excluding hydrogens is 384 g/mol. The van der Waals surface area contributed by atoms with Gasteiger partial charge in [-0.2, -0.15) is 0 Å². The van der Waals surface area contributed by atoms with Crippen LogP contribution in [0.15, 0.2) is 60.3 Å². The number of benzene rings is 2. The molecule has 2 aromatic rings. The molecule has 0 saturated carbocycles. The molecule has 0 saturated heterocycles. The van der Waals surface area contributed by atoms with Crippen molar-refractivity contribution in [2.45, 2.75) is 19.3 Å². The van der Waals surface area contributed by atoms with Gasteiger partial charge in [0.2, 0.25) is 0 Å². The topological polar surface area (TPSA) is 98.9 Å². The molecule has 0 unspecified atom stereocenters. The van der Waals surface area contributed by atoms with Crippen LogP contribution in [0.4, 0.5) is 5.69 Å². The minimum atomic E-state index is -0.620. The zero-order chi connectivity index (χ0) is 21.9. The van der Waals surface area contributed by atoms with Gasteiger partial charge in [0, 0.05) is 29.9 Å². The van der Waals surface area contributed by atoms with Crippen molar-refractivity contribution >= 4 is 23.3 Å². The second kappa shape index (κ2) is 8.41. The van der Waals surface area contributed by atoms with E-state index in [0.29, 0.717) is 5.75 Å². The smallest absolute Gasteiger partial charge is 0.338 e. The molecule has 0 aromatic heterocycles. The summed E-state index contributed by atoms with van der Waals surface area (Å²) in [7, 11) is 1.92. The first kappa shape index (κ1) is 21.1. The molecule has 30 heavy (non-hydrogen) atoms. The number of anilines is 1. The highest BCUT2D eigenvalue weighted by Gasteiger charge is 2.38. The van der Waals surface area contributed by atoms with E-state index >= 15 is 0 Å². The lowest BCUT2D eigenvalue weighted by Crippen LogP contribution is -2.25. The number of rotatable bonds is 7. The van der Waals surface area contributed by atoms with Crippen molar-refractivity contribution in [3.8, 4) is 5.75 Å². The van der Waals surface area contributed by atoms with Gasteiger partial charge in [0.15, 0.2) is 19.0 Å². The second-order valence-electron chi connectivity index (χ2n) is 7.55. The van der Waals surface area contributed by atoms with Crippen molar-refractivity contribution in [1.82, 2.24) is 0 Å². The second-order valence-corrected chi connectivity index (χ2v) is 7.55. The van der Waals surface area contributed by atoms with Gasteiger partial charge < -0.3 is 20.1 Å². The van der Waals surface area contributed by atoms with Crippen molar-refractivity contribution in [2.24, 2.45) is 5.73 Å². The number of hydrogen-bond donors (Lipinski definition) is 1. The number of esters is 1. The van der Waals surface area contributed by atoms with Gasteiger partial charge in [-0.25, -0.2) is 4.79 Å². The van der Waals surface area contributed by atoms with E-state index in [9.17, 15) is 14.4 Å². The minimum absolute atomic E-state index is 0.248. The van der Waals surface area contributed by atoms with Crippen LogP contribution in [0.3, 0.4) is 0 Å². The predicted octanol–water partition coefficient (Wildman–Crippen LogP) is 2.59. The number of allylic oxidation sites excluding steroid dienone is 1. The van der Waals surface area contributed by atoms with E-state index in [1.54, 1.807) is 0 Å². The number of likely N-dealkylation sites (N-methyl/N-ethyl adjacent to an activating group) is 1. The lowest BCUT2D eigenvalue weighted by molar-refractivity contribution is -0.120. The van der Waals surface area contributed by atoms with Crippen LogP contribution in [0.1, 0.15) is 29.8 Å². The number of carbonyl (C=O) groups excluding carboxylic acids is 3. The van der Waals surface area contributed by atoms with Crippen LogP contribution in [0.25, 0.3) is 0 Å². The molecule has 1 aliphatic rings. The first-order chi connectivity index (χ1) is 14.2. The number of nitrogens with zero attached hydrogens (tertiary/aromatic N) is 1. The minimum Gasteiger partial charge on any atom is -0.484 e. The molecule has 0 spiro atoms. The van der Waals surface area contributed by atoms with Crippen LogP contribution in [0, 0.1) is 0 Å². The summed E-state index contributed by atoms with van der Waals surface area (Å²) >= 11 is 0. The molecule has 2 aromatic carbocycles. The average Bonchev–Trinajstić information content (AvgIpc) is 2.92. The molecule has 3 rings (SSSR count). The Morgan fingerprint density at radius 3 is 2.33 bits per heavy atom. The quantitative estimate of drug-likeness (QED) is 0.558. The van der Waals surface area contributed by atoms with E-state index in [1.165, 1.54) is 30.3 Å². The normalized spacial score (nSPS) is 15.6. The van der Waals surface area contributed by atoms with Crippen LogP contribution in [0.2, 0.25) is 0 Å². The fraction of sp³-hybridized carbons (Fsp3) is 0.261. The maximum atomic E-state index is 12.5. The summed E-state index contributed by atoms with van der Waals surface area (Å²) in [6, 6.07) is 14.0. The summed E-state index contributed by atoms with van der Waals surface area (Å²) in [4.78, 5) is 37.4. The highest BCUT2D eigenvalue weighted by atomic mass is 16.5. The molecule has 0 aliphatic carbocycles. The molecule has 2 N–H and O–H groups in total. The highest BCUT2D eigenvalue weighted by molar-refractivity contribution is 5.96. The third-order valence-electron chi connectivity index (χ3n) is 5.05. The lowest BCUT2D eigenvalue weighted by atomic mass is 9.83. The van der Waals surface area contributed by atoms with E-state index < -0.39 is 11.9 Å². The number of hydrogen-bond acceptors (Lipinski definition) is 6. The number of ketones is 1. The van der Waals surface area contributed by atoms with Gasteiger partial charge >= 0.3 is 5.97 Å². The van der Waals surface area contributed by atoms with E-state index in [0.717, 1.165) is 16.9 Å². The summed E-state index contributed by atoms with van der Waals surface area (Å²) in [6.45, 7) is 3.51. The van der Waals surface area contributed by atoms with Crippen molar-refractivity contribution in [3.05, 3.63) is 71.4 Å². The van der Waals surface area contributed by atoms with Gasteiger partial charge in [-0.15, -0.1) is 0 Å². The Hall–Kier alpha value is -3.61. The third kappa shape index (κ3) is 4.35. The summed E-state index contributed by atoms with van der Waals surface area (Å²) in [5.41, 5.74) is 8.00. The van der Waals surface area contributed by atoms with Crippen LogP contribution in [-0.4, -0.2) is 37.9 Å². The molecule has 1 heterocycles. The number of primary amides is 1. The maximum Gasteiger partial charge on any atom is 0.338 e. The Morgan fingerprint density at radius 2 is 1.70 bits per heavy atom. The van der Waals surface area contributed by atoms with Crippen molar-refractivity contribution < 1.29 is 23.9 Å². The maximum absolute atomic E-state index is 12.5. The largest absolute Gasteiger partial charge is 0.484 e. The van der Waals surface area contributed by atoms with Crippen LogP contribution in [-0.2, 0) is 19.7 Å². The number of fused-ring (bicyclic) bond motifs is 1. The van der Waals surface area contributed by atoms with E-state index in [-0.39, 0.29) is 30.0 Å². The summed E-state index contributed by atoms with van der Waals surface area (Å²) in [6.07, 6.45) is 1.54. The zero-order valence-electron chi connectivity index (χ0n) is 17.2. The number of carbonyl (C=O) groups is 3. The van der Waals surface area contributed by atoms with Gasteiger partial charge in [-0.1, -0.05) is 32.0 Å². The van der Waals surface area contributed by atoms with Crippen molar-refractivity contribution in [3.63, 3.8) is 0 Å². The number of para-hydroxylation sites is 1. The average molecular weight is 408 g/mol. The molecule has 1 aliphatic heterocycles. The van der Waals surface area contributed by atoms with Crippen LogP contribution < -0.4 is 15.4 Å². The Labute approximate surface area is 175 Å². The monoisotopic (exact) mass is 408 g/mol. The fourth-order valence-electron chi connectivity index (χ4n) is 3.51. The van der Waals surface area contributed by atoms with Gasteiger partial charge in [-0.05, 0) is 35.9 Å². The molecule has 0 atom stereocenters. The standard InChI is InChI=1S/C23H24N2O5/c1-23(2)18-6-4-5-7-19(18)25(3)20(23)12-16(26)13-30-22(28)15-8-10-17(11-9-15)29-14-21(24)27/h4-12H,13-14H2,1-3H3,(H2,24,27)/b20-12-. The number of nitrogens with two attached hydrogens (primary N) is 1. The van der Waals surface area contributed by atoms with E-state index in [2.05, 4.69) is 13.8 Å². The SMILES string of the molecule is CN1/C(=C\C(=O)COC(=O)c2ccc(OCC(N)=O)cc2)C(C)(C)c2ccccc21. The number of ether oxygens (including phenoxy) is 2. The molecular formula is C23H24N2O5. The Morgan fingerprint density at radius 1 is 1.03 bits per heavy atom. The fourth-order valence-corrected chi connectivity index (χ4v) is 3.51.